The molecule has 0 N–H and O–H groups in total. The van der Waals surface area contributed by atoms with Crippen molar-refractivity contribution in [2.75, 3.05) is 24.5 Å². The highest BCUT2D eigenvalue weighted by Gasteiger charge is 2.28. The highest BCUT2D eigenvalue weighted by Crippen LogP contribution is 2.31. The highest BCUT2D eigenvalue weighted by atomic mass is 32.2. The quantitative estimate of drug-likeness (QED) is 0.762. The molecule has 1 unspecified atom stereocenters. The number of nitrogens with zero attached hydrogens (tertiary/aromatic N) is 3. The zero-order chi connectivity index (χ0) is 18.8. The second kappa shape index (κ2) is 7.72. The van der Waals surface area contributed by atoms with Gasteiger partial charge in [-0.15, -0.1) is 0 Å². The maximum Gasteiger partial charge on any atom is 0.255 e. The van der Waals surface area contributed by atoms with Gasteiger partial charge in [-0.3, -0.25) is 9.59 Å². The molecule has 1 saturated heterocycles. The Balaban J connectivity index is 1.40. The number of anilines is 1. The van der Waals surface area contributed by atoms with Gasteiger partial charge in [0.1, 0.15) is 0 Å². The monoisotopic (exact) mass is 381 g/mol. The van der Waals surface area contributed by atoms with Gasteiger partial charge in [0.25, 0.3) is 5.91 Å². The first-order chi connectivity index (χ1) is 13.1. The molecule has 2 aliphatic heterocycles. The Labute approximate surface area is 163 Å². The van der Waals surface area contributed by atoms with E-state index in [9.17, 15) is 9.59 Å². The third kappa shape index (κ3) is 3.72. The lowest BCUT2D eigenvalue weighted by molar-refractivity contribution is -0.117. The van der Waals surface area contributed by atoms with Gasteiger partial charge in [0.05, 0.1) is 15.8 Å². The fourth-order valence-electron chi connectivity index (χ4n) is 3.70. The predicted molar refractivity (Wildman–Crippen MR) is 107 cm³/mol. The molecule has 0 spiro atoms. The van der Waals surface area contributed by atoms with Crippen LogP contribution in [0.3, 0.4) is 0 Å². The van der Waals surface area contributed by atoms with E-state index in [1.165, 1.54) is 17.3 Å². The van der Waals surface area contributed by atoms with Crippen molar-refractivity contribution < 1.29 is 9.59 Å². The number of aromatic nitrogens is 1. The van der Waals surface area contributed by atoms with Crippen molar-refractivity contribution in [2.24, 2.45) is 0 Å². The molecule has 0 aliphatic carbocycles. The van der Waals surface area contributed by atoms with E-state index < -0.39 is 0 Å². The molecule has 1 atom stereocenters. The Hall–Kier alpha value is -2.34. The first-order valence-corrected chi connectivity index (χ1v) is 10.3. The molecule has 0 saturated carbocycles. The maximum atomic E-state index is 12.9. The van der Waals surface area contributed by atoms with E-state index in [0.29, 0.717) is 5.56 Å². The average molecular weight is 382 g/mol. The number of para-hydroxylation sites is 1. The Bertz CT molecular complexity index is 847. The van der Waals surface area contributed by atoms with Gasteiger partial charge in [-0.1, -0.05) is 30.0 Å². The molecule has 140 valence electrons. The van der Waals surface area contributed by atoms with Crippen LogP contribution in [0.4, 0.5) is 5.69 Å². The summed E-state index contributed by atoms with van der Waals surface area (Å²) < 4.78 is 0. The molecule has 5 nitrogen and oxygen atoms in total. The Morgan fingerprint density at radius 3 is 2.59 bits per heavy atom. The summed E-state index contributed by atoms with van der Waals surface area (Å²) in [5, 5.41) is 0.532. The third-order valence-corrected chi connectivity index (χ3v) is 6.21. The third-order valence-electron chi connectivity index (χ3n) is 5.18. The van der Waals surface area contributed by atoms with Crippen LogP contribution in [0, 0.1) is 0 Å². The molecule has 1 aromatic heterocycles. The van der Waals surface area contributed by atoms with Crippen molar-refractivity contribution in [2.45, 2.75) is 36.5 Å². The van der Waals surface area contributed by atoms with Crippen molar-refractivity contribution in [3.8, 4) is 0 Å². The van der Waals surface area contributed by atoms with Gasteiger partial charge in [0.15, 0.2) is 0 Å². The Morgan fingerprint density at radius 1 is 1.07 bits per heavy atom. The molecule has 1 aromatic carbocycles. The van der Waals surface area contributed by atoms with Crippen molar-refractivity contribution >= 4 is 29.3 Å². The minimum absolute atomic E-state index is 0.0503. The van der Waals surface area contributed by atoms with E-state index in [-0.39, 0.29) is 17.1 Å². The molecule has 1 fully saturated rings. The molecule has 4 rings (SSSR count). The second-order valence-electron chi connectivity index (χ2n) is 7.01. The van der Waals surface area contributed by atoms with Crippen molar-refractivity contribution in [1.82, 2.24) is 9.88 Å². The lowest BCUT2D eigenvalue weighted by Gasteiger charge is -2.21. The maximum absolute atomic E-state index is 12.9. The summed E-state index contributed by atoms with van der Waals surface area (Å²) in [5.41, 5.74) is 2.87. The number of hydrogen-bond acceptors (Lipinski definition) is 4. The molecular formula is C21H23N3O2S. The molecule has 6 heteroatoms. The number of thioether (sulfide) groups is 1. The van der Waals surface area contributed by atoms with Crippen LogP contribution in [-0.4, -0.2) is 46.6 Å². The van der Waals surface area contributed by atoms with Gasteiger partial charge < -0.3 is 9.80 Å². The van der Waals surface area contributed by atoms with Gasteiger partial charge in [-0.05, 0) is 49.9 Å². The van der Waals surface area contributed by atoms with E-state index in [0.717, 1.165) is 49.6 Å². The highest BCUT2D eigenvalue weighted by molar-refractivity contribution is 8.00. The molecule has 3 heterocycles. The van der Waals surface area contributed by atoms with Gasteiger partial charge in [-0.2, -0.15) is 0 Å². The van der Waals surface area contributed by atoms with Gasteiger partial charge in [-0.25, -0.2) is 4.98 Å². The zero-order valence-corrected chi connectivity index (χ0v) is 16.2. The topological polar surface area (TPSA) is 53.5 Å². The number of likely N-dealkylation sites (tertiary alicyclic amines) is 1. The van der Waals surface area contributed by atoms with Crippen LogP contribution < -0.4 is 4.90 Å². The van der Waals surface area contributed by atoms with Crippen LogP contribution in [0.15, 0.2) is 47.6 Å². The van der Waals surface area contributed by atoms with Crippen molar-refractivity contribution in [3.63, 3.8) is 0 Å². The molecule has 27 heavy (non-hydrogen) atoms. The number of carbonyl (C=O) groups is 2. The van der Waals surface area contributed by atoms with Crippen LogP contribution in [0.2, 0.25) is 0 Å². The second-order valence-corrected chi connectivity index (χ2v) is 8.37. The molecule has 2 aliphatic rings. The molecule has 2 aromatic rings. The lowest BCUT2D eigenvalue weighted by Crippen LogP contribution is -2.35. The number of amides is 2. The SMILES string of the molecule is CC(Sc1ccc(C(=O)N2CCCC2)cn1)C(=O)N1CCc2ccccc21. The minimum Gasteiger partial charge on any atom is -0.339 e. The first kappa shape index (κ1) is 18.0. The Kier molecular flexibility index (Phi) is 5.16. The summed E-state index contributed by atoms with van der Waals surface area (Å²) in [5.74, 6) is 0.151. The number of pyridine rings is 1. The summed E-state index contributed by atoms with van der Waals surface area (Å²) in [4.78, 5) is 33.4. The number of rotatable bonds is 4. The van der Waals surface area contributed by atoms with Crippen LogP contribution in [0.25, 0.3) is 0 Å². The first-order valence-electron chi connectivity index (χ1n) is 9.45. The van der Waals surface area contributed by atoms with Crippen LogP contribution >= 0.6 is 11.8 Å². The van der Waals surface area contributed by atoms with Crippen molar-refractivity contribution in [1.29, 1.82) is 0 Å². The number of carbonyl (C=O) groups excluding carboxylic acids is 2. The fraction of sp³-hybridized carbons (Fsp3) is 0.381. The largest absolute Gasteiger partial charge is 0.339 e. The van der Waals surface area contributed by atoms with Crippen LogP contribution in [-0.2, 0) is 11.2 Å². The van der Waals surface area contributed by atoms with Crippen LogP contribution in [0.5, 0.6) is 0 Å². The fourth-order valence-corrected chi connectivity index (χ4v) is 4.55. The summed E-state index contributed by atoms with van der Waals surface area (Å²) in [6, 6.07) is 11.7. The normalized spacial score (nSPS) is 17.1. The van der Waals surface area contributed by atoms with E-state index in [4.69, 9.17) is 0 Å². The lowest BCUT2D eigenvalue weighted by atomic mass is 10.2. The van der Waals surface area contributed by atoms with Gasteiger partial charge in [0, 0.05) is 31.5 Å². The predicted octanol–water partition coefficient (Wildman–Crippen LogP) is 3.39. The van der Waals surface area contributed by atoms with Crippen molar-refractivity contribution in [3.05, 3.63) is 53.7 Å². The summed E-state index contributed by atoms with van der Waals surface area (Å²) in [6.07, 6.45) is 4.69. The zero-order valence-electron chi connectivity index (χ0n) is 15.4. The summed E-state index contributed by atoms with van der Waals surface area (Å²) in [6.45, 7) is 4.31. The van der Waals surface area contributed by atoms with Crippen LogP contribution in [0.1, 0.15) is 35.7 Å². The summed E-state index contributed by atoms with van der Waals surface area (Å²) in [7, 11) is 0. The van der Waals surface area contributed by atoms with E-state index >= 15 is 0 Å². The molecule has 0 radical (unpaired) electrons. The molecule has 0 bridgehead atoms. The standard InChI is InChI=1S/C21H23N3O2S/c1-15(20(25)24-13-10-16-6-2-3-7-18(16)24)27-19-9-8-17(14-22-19)21(26)23-11-4-5-12-23/h2-3,6-9,14-15H,4-5,10-13H2,1H3. The average Bonchev–Trinajstić information content (AvgIpc) is 3.37. The minimum atomic E-state index is -0.233. The van der Waals surface area contributed by atoms with Gasteiger partial charge >= 0.3 is 0 Å². The van der Waals surface area contributed by atoms with E-state index in [2.05, 4.69) is 11.1 Å². The number of fused-ring (bicyclic) bond motifs is 1. The van der Waals surface area contributed by atoms with E-state index in [1.54, 1.807) is 6.20 Å². The Morgan fingerprint density at radius 2 is 1.85 bits per heavy atom. The molecule has 2 amide bonds. The molecular weight excluding hydrogens is 358 g/mol. The summed E-state index contributed by atoms with van der Waals surface area (Å²) >= 11 is 1.44. The van der Waals surface area contributed by atoms with E-state index in [1.807, 2.05) is 47.1 Å². The van der Waals surface area contributed by atoms with Gasteiger partial charge in [0.2, 0.25) is 5.91 Å². The number of benzene rings is 1. The smallest absolute Gasteiger partial charge is 0.255 e. The number of hydrogen-bond donors (Lipinski definition) is 0.